The van der Waals surface area contributed by atoms with Gasteiger partial charge < -0.3 is 15.1 Å². The van der Waals surface area contributed by atoms with E-state index in [-0.39, 0.29) is 12.1 Å². The molecule has 0 bridgehead atoms. The molecule has 6 heteroatoms. The third-order valence-corrected chi connectivity index (χ3v) is 4.82. The molecular weight excluding hydrogens is 326 g/mol. The van der Waals surface area contributed by atoms with Crippen LogP contribution in [-0.2, 0) is 0 Å². The topological polar surface area (TPSA) is 61.4 Å². The van der Waals surface area contributed by atoms with Gasteiger partial charge in [0.05, 0.1) is 5.69 Å². The summed E-state index contributed by atoms with van der Waals surface area (Å²) < 4.78 is 0. The maximum Gasteiger partial charge on any atom is 0.322 e. The molecular formula is C20H27N5O. The summed E-state index contributed by atoms with van der Waals surface area (Å²) in [5.41, 5.74) is 3.01. The van der Waals surface area contributed by atoms with Gasteiger partial charge in [-0.15, -0.1) is 5.10 Å². The van der Waals surface area contributed by atoms with E-state index >= 15 is 0 Å². The normalized spacial score (nSPS) is 17.5. The van der Waals surface area contributed by atoms with Crippen molar-refractivity contribution in [1.82, 2.24) is 15.1 Å². The van der Waals surface area contributed by atoms with Gasteiger partial charge in [-0.3, -0.25) is 0 Å². The fourth-order valence-corrected chi connectivity index (χ4v) is 3.17. The van der Waals surface area contributed by atoms with Crippen LogP contribution in [0.1, 0.15) is 37.9 Å². The van der Waals surface area contributed by atoms with Gasteiger partial charge in [-0.2, -0.15) is 5.10 Å². The average Bonchev–Trinajstić information content (AvgIpc) is 2.62. The Labute approximate surface area is 155 Å². The largest absolute Gasteiger partial charge is 0.351 e. The lowest BCUT2D eigenvalue weighted by atomic mass is 10.0. The lowest BCUT2D eigenvalue weighted by Gasteiger charge is -2.40. The van der Waals surface area contributed by atoms with Gasteiger partial charge in [0.15, 0.2) is 5.82 Å². The van der Waals surface area contributed by atoms with Crippen LogP contribution in [-0.4, -0.2) is 46.8 Å². The first-order chi connectivity index (χ1) is 12.4. The van der Waals surface area contributed by atoms with Crippen LogP contribution in [0.3, 0.4) is 0 Å². The monoisotopic (exact) mass is 353 g/mol. The Morgan fingerprint density at radius 3 is 2.42 bits per heavy atom. The Hall–Kier alpha value is -2.63. The second kappa shape index (κ2) is 7.72. The number of aromatic nitrogens is 2. The van der Waals surface area contributed by atoms with E-state index in [1.807, 2.05) is 36.1 Å². The number of piperazine rings is 1. The molecule has 6 nitrogen and oxygen atoms in total. The van der Waals surface area contributed by atoms with Gasteiger partial charge in [-0.1, -0.05) is 26.0 Å². The maximum atomic E-state index is 12.7. The zero-order chi connectivity index (χ0) is 18.7. The Balaban J connectivity index is 1.60. The highest BCUT2D eigenvalue weighted by atomic mass is 16.2. The first kappa shape index (κ1) is 18.2. The van der Waals surface area contributed by atoms with E-state index in [0.29, 0.717) is 12.5 Å². The van der Waals surface area contributed by atoms with Gasteiger partial charge in [0.1, 0.15) is 0 Å². The number of hydrogen-bond acceptors (Lipinski definition) is 4. The third-order valence-electron chi connectivity index (χ3n) is 4.82. The minimum absolute atomic E-state index is 0.0514. The molecule has 0 saturated carbocycles. The van der Waals surface area contributed by atoms with E-state index in [9.17, 15) is 4.79 Å². The Kier molecular flexibility index (Phi) is 5.40. The molecule has 1 aromatic carbocycles. The van der Waals surface area contributed by atoms with Crippen LogP contribution in [0.25, 0.3) is 0 Å². The predicted octanol–water partition coefficient (Wildman–Crippen LogP) is 3.65. The molecule has 2 amide bonds. The number of nitrogens with zero attached hydrogens (tertiary/aromatic N) is 4. The van der Waals surface area contributed by atoms with Gasteiger partial charge >= 0.3 is 6.03 Å². The van der Waals surface area contributed by atoms with Crippen LogP contribution in [0, 0.1) is 6.92 Å². The van der Waals surface area contributed by atoms with E-state index in [0.717, 1.165) is 30.3 Å². The Bertz CT molecular complexity index is 742. The van der Waals surface area contributed by atoms with E-state index in [1.165, 1.54) is 5.56 Å². The smallest absolute Gasteiger partial charge is 0.322 e. The first-order valence-electron chi connectivity index (χ1n) is 9.17. The maximum absolute atomic E-state index is 12.7. The molecule has 2 aromatic rings. The van der Waals surface area contributed by atoms with Crippen molar-refractivity contribution in [3.8, 4) is 0 Å². The van der Waals surface area contributed by atoms with Crippen molar-refractivity contribution >= 4 is 17.5 Å². The van der Waals surface area contributed by atoms with Gasteiger partial charge in [-0.25, -0.2) is 4.79 Å². The second-order valence-electron chi connectivity index (χ2n) is 7.23. The average molecular weight is 353 g/mol. The van der Waals surface area contributed by atoms with Crippen LogP contribution in [0.2, 0.25) is 0 Å². The SMILES string of the molecule is Cc1ccc(N2CCN(C(=O)Nc3ccc(C(C)C)cc3)[C@H](C)C2)nn1. The molecule has 3 rings (SSSR count). The Morgan fingerprint density at radius 2 is 1.85 bits per heavy atom. The number of anilines is 2. The van der Waals surface area contributed by atoms with Crippen molar-refractivity contribution in [2.45, 2.75) is 39.7 Å². The minimum Gasteiger partial charge on any atom is -0.351 e. The standard InChI is InChI=1S/C20H27N5O/c1-14(2)17-6-8-18(9-7-17)21-20(26)25-12-11-24(13-16(25)4)19-10-5-15(3)22-23-19/h5-10,14,16H,11-13H2,1-4H3,(H,21,26)/t16-/m1/s1. The lowest BCUT2D eigenvalue weighted by molar-refractivity contribution is 0.184. The van der Waals surface area contributed by atoms with Crippen LogP contribution < -0.4 is 10.2 Å². The summed E-state index contributed by atoms with van der Waals surface area (Å²) in [4.78, 5) is 16.7. The molecule has 0 unspecified atom stereocenters. The van der Waals surface area contributed by atoms with Gasteiger partial charge in [0.25, 0.3) is 0 Å². The Morgan fingerprint density at radius 1 is 1.12 bits per heavy atom. The summed E-state index contributed by atoms with van der Waals surface area (Å²) in [6, 6.07) is 12.1. The molecule has 138 valence electrons. The molecule has 1 aromatic heterocycles. The highest BCUT2D eigenvalue weighted by molar-refractivity contribution is 5.89. The number of nitrogens with one attached hydrogen (secondary N) is 1. The second-order valence-corrected chi connectivity index (χ2v) is 7.23. The molecule has 1 atom stereocenters. The molecule has 1 aliphatic heterocycles. The predicted molar refractivity (Wildman–Crippen MR) is 105 cm³/mol. The lowest BCUT2D eigenvalue weighted by Crippen LogP contribution is -2.55. The molecule has 1 saturated heterocycles. The molecule has 0 spiro atoms. The number of urea groups is 1. The van der Waals surface area contributed by atoms with E-state index in [4.69, 9.17) is 0 Å². The van der Waals surface area contributed by atoms with Gasteiger partial charge in [-0.05, 0) is 49.6 Å². The van der Waals surface area contributed by atoms with Crippen LogP contribution in [0.15, 0.2) is 36.4 Å². The highest BCUT2D eigenvalue weighted by Gasteiger charge is 2.28. The number of aryl methyl sites for hydroxylation is 1. The van der Waals surface area contributed by atoms with Crippen molar-refractivity contribution in [3.05, 3.63) is 47.7 Å². The van der Waals surface area contributed by atoms with Crippen LogP contribution in [0.4, 0.5) is 16.3 Å². The van der Waals surface area contributed by atoms with Crippen LogP contribution in [0.5, 0.6) is 0 Å². The molecule has 0 radical (unpaired) electrons. The molecule has 1 aliphatic rings. The summed E-state index contributed by atoms with van der Waals surface area (Å²) in [5.74, 6) is 1.35. The van der Waals surface area contributed by atoms with Crippen LogP contribution >= 0.6 is 0 Å². The summed E-state index contributed by atoms with van der Waals surface area (Å²) in [7, 11) is 0. The third kappa shape index (κ3) is 4.12. The van der Waals surface area contributed by atoms with Crippen molar-refractivity contribution in [1.29, 1.82) is 0 Å². The molecule has 1 N–H and O–H groups in total. The first-order valence-corrected chi connectivity index (χ1v) is 9.17. The molecule has 2 heterocycles. The zero-order valence-corrected chi connectivity index (χ0v) is 15.9. The number of benzene rings is 1. The number of carbonyl (C=O) groups excluding carboxylic acids is 1. The number of carbonyl (C=O) groups is 1. The molecule has 26 heavy (non-hydrogen) atoms. The number of hydrogen-bond donors (Lipinski definition) is 1. The summed E-state index contributed by atoms with van der Waals surface area (Å²) in [5, 5.41) is 11.4. The number of rotatable bonds is 3. The van der Waals surface area contributed by atoms with Crippen molar-refractivity contribution in [2.24, 2.45) is 0 Å². The summed E-state index contributed by atoms with van der Waals surface area (Å²) in [6.45, 7) is 10.5. The van der Waals surface area contributed by atoms with E-state index in [2.05, 4.69) is 53.3 Å². The molecule has 0 aliphatic carbocycles. The van der Waals surface area contributed by atoms with Crippen molar-refractivity contribution in [2.75, 3.05) is 29.9 Å². The van der Waals surface area contributed by atoms with Gasteiger partial charge in [0.2, 0.25) is 0 Å². The minimum atomic E-state index is -0.0514. The number of amides is 2. The quantitative estimate of drug-likeness (QED) is 0.915. The highest BCUT2D eigenvalue weighted by Crippen LogP contribution is 2.20. The summed E-state index contributed by atoms with van der Waals surface area (Å²) >= 11 is 0. The molecule has 1 fully saturated rings. The van der Waals surface area contributed by atoms with E-state index < -0.39 is 0 Å². The van der Waals surface area contributed by atoms with Gasteiger partial charge in [0, 0.05) is 31.4 Å². The van der Waals surface area contributed by atoms with E-state index in [1.54, 1.807) is 0 Å². The fourth-order valence-electron chi connectivity index (χ4n) is 3.17. The zero-order valence-electron chi connectivity index (χ0n) is 15.9. The fraction of sp³-hybridized carbons (Fsp3) is 0.450. The summed E-state index contributed by atoms with van der Waals surface area (Å²) in [6.07, 6.45) is 0. The van der Waals surface area contributed by atoms with Crippen molar-refractivity contribution < 1.29 is 4.79 Å². The van der Waals surface area contributed by atoms with Crippen molar-refractivity contribution in [3.63, 3.8) is 0 Å².